The van der Waals surface area contributed by atoms with Crippen LogP contribution in [0.5, 0.6) is 0 Å². The van der Waals surface area contributed by atoms with E-state index in [1.54, 1.807) is 0 Å². The summed E-state index contributed by atoms with van der Waals surface area (Å²) >= 11 is 0. The average molecular weight is 361 g/mol. The Hall–Kier alpha value is -2.20. The number of carbonyl (C=O) groups is 4. The van der Waals surface area contributed by atoms with Crippen molar-refractivity contribution in [1.82, 2.24) is 5.32 Å². The third kappa shape index (κ3) is 6.31. The molecule has 0 aliphatic carbocycles. The van der Waals surface area contributed by atoms with E-state index in [4.69, 9.17) is 23.7 Å². The highest BCUT2D eigenvalue weighted by Gasteiger charge is 2.50. The summed E-state index contributed by atoms with van der Waals surface area (Å²) in [5, 5.41) is 2.56. The minimum atomic E-state index is -1.11. The van der Waals surface area contributed by atoms with Crippen LogP contribution in [0.3, 0.4) is 0 Å². The van der Waals surface area contributed by atoms with E-state index in [9.17, 15) is 19.2 Å². The van der Waals surface area contributed by atoms with Crippen LogP contribution in [0.2, 0.25) is 0 Å². The fourth-order valence-electron chi connectivity index (χ4n) is 2.49. The summed E-state index contributed by atoms with van der Waals surface area (Å²) in [5.74, 6) is -2.29. The van der Waals surface area contributed by atoms with Gasteiger partial charge in [-0.2, -0.15) is 0 Å². The molecule has 1 rings (SSSR count). The zero-order valence-corrected chi connectivity index (χ0v) is 14.8. The maximum absolute atomic E-state index is 11.5. The van der Waals surface area contributed by atoms with Gasteiger partial charge in [-0.3, -0.25) is 19.2 Å². The molecule has 0 aromatic heterocycles. The Morgan fingerprint density at radius 2 is 1.48 bits per heavy atom. The topological polar surface area (TPSA) is 126 Å². The fourth-order valence-corrected chi connectivity index (χ4v) is 2.49. The number of methoxy groups -OCH3 is 1. The maximum Gasteiger partial charge on any atom is 0.303 e. The highest BCUT2D eigenvalue weighted by atomic mass is 16.7. The van der Waals surface area contributed by atoms with Crippen LogP contribution in [-0.2, 0) is 42.9 Å². The van der Waals surface area contributed by atoms with Gasteiger partial charge in [-0.25, -0.2) is 0 Å². The molecule has 1 heterocycles. The van der Waals surface area contributed by atoms with Crippen LogP contribution in [-0.4, -0.2) is 68.2 Å². The summed E-state index contributed by atoms with van der Waals surface area (Å²) in [7, 11) is 1.33. The predicted molar refractivity (Wildman–Crippen MR) is 81.0 cm³/mol. The van der Waals surface area contributed by atoms with E-state index in [0.29, 0.717) is 0 Å². The third-order valence-electron chi connectivity index (χ3n) is 3.30. The standard InChI is InChI=1S/C15H23NO9/c1-7(17)16-12-14(24-10(4)20)13(23-9(3)19)11(6-22-8(2)18)25-15(12)21-5/h11-15H,6H2,1-5H3,(H,16,17)/t11-,12-,13+,14+,15-/m0/s1. The van der Waals surface area contributed by atoms with Gasteiger partial charge in [0.05, 0.1) is 0 Å². The monoisotopic (exact) mass is 361 g/mol. The summed E-state index contributed by atoms with van der Waals surface area (Å²) in [6.07, 6.45) is -4.17. The SMILES string of the molecule is CO[C@H]1O[C@@H](COC(C)=O)[C@@H](OC(C)=O)[C@H](OC(C)=O)[C@@H]1NC(C)=O. The Balaban J connectivity index is 3.18. The first-order valence-electron chi connectivity index (χ1n) is 7.58. The van der Waals surface area contributed by atoms with E-state index in [2.05, 4.69) is 5.32 Å². The van der Waals surface area contributed by atoms with Crippen molar-refractivity contribution in [3.8, 4) is 0 Å². The van der Waals surface area contributed by atoms with Gasteiger partial charge in [0, 0.05) is 34.8 Å². The molecule has 0 bridgehead atoms. The van der Waals surface area contributed by atoms with Crippen molar-refractivity contribution in [2.45, 2.75) is 58.3 Å². The van der Waals surface area contributed by atoms with Crippen LogP contribution in [0.4, 0.5) is 0 Å². The Kier molecular flexibility index (Phi) is 7.78. The molecule has 0 aromatic rings. The minimum absolute atomic E-state index is 0.252. The highest BCUT2D eigenvalue weighted by molar-refractivity contribution is 5.73. The molecule has 142 valence electrons. The first-order valence-corrected chi connectivity index (χ1v) is 7.58. The minimum Gasteiger partial charge on any atom is -0.463 e. The normalized spacial score (nSPS) is 28.6. The summed E-state index contributed by atoms with van der Waals surface area (Å²) < 4.78 is 26.2. The van der Waals surface area contributed by atoms with Crippen molar-refractivity contribution in [2.75, 3.05) is 13.7 Å². The molecule has 10 heteroatoms. The Labute approximate surface area is 145 Å². The lowest BCUT2D eigenvalue weighted by Gasteiger charge is -2.44. The fraction of sp³-hybridized carbons (Fsp3) is 0.733. The van der Waals surface area contributed by atoms with Crippen LogP contribution in [0.15, 0.2) is 0 Å². The number of nitrogens with one attached hydrogen (secondary N) is 1. The largest absolute Gasteiger partial charge is 0.463 e. The highest BCUT2D eigenvalue weighted by Crippen LogP contribution is 2.27. The number of hydrogen-bond donors (Lipinski definition) is 1. The van der Waals surface area contributed by atoms with Crippen LogP contribution in [0.25, 0.3) is 0 Å². The first kappa shape index (κ1) is 20.8. The summed E-state index contributed by atoms with van der Waals surface area (Å²) in [6.45, 7) is 4.57. The molecule has 1 fully saturated rings. The molecule has 0 spiro atoms. The van der Waals surface area contributed by atoms with E-state index in [0.717, 1.165) is 0 Å². The molecular weight excluding hydrogens is 338 g/mol. The van der Waals surface area contributed by atoms with Gasteiger partial charge in [0.15, 0.2) is 18.5 Å². The van der Waals surface area contributed by atoms with Gasteiger partial charge < -0.3 is 29.0 Å². The summed E-state index contributed by atoms with van der Waals surface area (Å²) in [5.41, 5.74) is 0. The van der Waals surface area contributed by atoms with Crippen LogP contribution >= 0.6 is 0 Å². The van der Waals surface area contributed by atoms with Gasteiger partial charge in [0.1, 0.15) is 18.8 Å². The van der Waals surface area contributed by atoms with Crippen LogP contribution < -0.4 is 5.32 Å². The summed E-state index contributed by atoms with van der Waals surface area (Å²) in [6, 6.07) is -0.927. The van der Waals surface area contributed by atoms with Crippen LogP contribution in [0.1, 0.15) is 27.7 Å². The van der Waals surface area contributed by atoms with Gasteiger partial charge >= 0.3 is 17.9 Å². The lowest BCUT2D eigenvalue weighted by molar-refractivity contribution is -0.271. The van der Waals surface area contributed by atoms with Crippen LogP contribution in [0, 0.1) is 0 Å². The van der Waals surface area contributed by atoms with Gasteiger partial charge in [0.2, 0.25) is 5.91 Å². The second-order valence-corrected chi connectivity index (χ2v) is 5.46. The average Bonchev–Trinajstić information content (AvgIpc) is 2.48. The van der Waals surface area contributed by atoms with E-state index in [-0.39, 0.29) is 6.61 Å². The second kappa shape index (κ2) is 9.33. The van der Waals surface area contributed by atoms with Gasteiger partial charge in [-0.15, -0.1) is 0 Å². The first-order chi connectivity index (χ1) is 11.6. The molecule has 10 nitrogen and oxygen atoms in total. The number of carbonyl (C=O) groups excluding carboxylic acids is 4. The third-order valence-corrected chi connectivity index (χ3v) is 3.30. The van der Waals surface area contributed by atoms with Crippen molar-refractivity contribution in [3.05, 3.63) is 0 Å². The molecule has 0 radical (unpaired) electrons. The van der Waals surface area contributed by atoms with Gasteiger partial charge in [-0.05, 0) is 0 Å². The molecule has 0 unspecified atom stereocenters. The quantitative estimate of drug-likeness (QED) is 0.482. The smallest absolute Gasteiger partial charge is 0.303 e. The molecule has 1 aliphatic rings. The Bertz CT molecular complexity index is 521. The van der Waals surface area contributed by atoms with Crippen molar-refractivity contribution in [3.63, 3.8) is 0 Å². The predicted octanol–water partition coefficient (Wildman–Crippen LogP) is -0.711. The number of rotatable bonds is 6. The molecule has 0 saturated carbocycles. The number of esters is 3. The van der Waals surface area contributed by atoms with E-state index < -0.39 is 54.5 Å². The zero-order chi connectivity index (χ0) is 19.1. The Morgan fingerprint density at radius 3 is 1.92 bits per heavy atom. The maximum atomic E-state index is 11.5. The molecule has 1 N–H and O–H groups in total. The molecule has 0 aromatic carbocycles. The molecule has 1 amide bonds. The van der Waals surface area contributed by atoms with Crippen molar-refractivity contribution in [2.24, 2.45) is 0 Å². The van der Waals surface area contributed by atoms with Gasteiger partial charge in [-0.1, -0.05) is 0 Å². The lowest BCUT2D eigenvalue weighted by Crippen LogP contribution is -2.66. The zero-order valence-electron chi connectivity index (χ0n) is 14.8. The van der Waals surface area contributed by atoms with E-state index >= 15 is 0 Å². The van der Waals surface area contributed by atoms with Crippen molar-refractivity contribution >= 4 is 23.8 Å². The summed E-state index contributed by atoms with van der Waals surface area (Å²) in [4.78, 5) is 45.5. The Morgan fingerprint density at radius 1 is 0.920 bits per heavy atom. The lowest BCUT2D eigenvalue weighted by atomic mass is 9.96. The number of amides is 1. The number of hydrogen-bond acceptors (Lipinski definition) is 9. The van der Waals surface area contributed by atoms with E-state index in [1.165, 1.54) is 34.8 Å². The molecule has 1 saturated heterocycles. The second-order valence-electron chi connectivity index (χ2n) is 5.46. The molecule has 25 heavy (non-hydrogen) atoms. The van der Waals surface area contributed by atoms with Gasteiger partial charge in [0.25, 0.3) is 0 Å². The molecule has 5 atom stereocenters. The molecular formula is C15H23NO9. The number of ether oxygens (including phenoxy) is 5. The molecule has 1 aliphatic heterocycles. The van der Waals surface area contributed by atoms with E-state index in [1.807, 2.05) is 0 Å². The van der Waals surface area contributed by atoms with Crippen molar-refractivity contribution < 1.29 is 42.9 Å². The van der Waals surface area contributed by atoms with Crippen molar-refractivity contribution in [1.29, 1.82) is 0 Å².